The Hall–Kier alpha value is -1.43. The molecule has 0 spiro atoms. The minimum absolute atomic E-state index is 0.472. The Morgan fingerprint density at radius 1 is 1.30 bits per heavy atom. The third-order valence-corrected chi connectivity index (χ3v) is 4.21. The first-order chi connectivity index (χ1) is 10.7. The highest BCUT2D eigenvalue weighted by Gasteiger charge is 2.43. The highest BCUT2D eigenvalue weighted by molar-refractivity contribution is 5.77. The molecule has 23 heavy (non-hydrogen) atoms. The molecule has 2 rings (SSSR count). The fourth-order valence-electron chi connectivity index (χ4n) is 2.84. The van der Waals surface area contributed by atoms with Crippen LogP contribution in [0.1, 0.15) is 39.2 Å². The largest absolute Gasteiger partial charge is 0.459 e. The van der Waals surface area contributed by atoms with Gasteiger partial charge in [0.2, 0.25) is 0 Å². The van der Waals surface area contributed by atoms with E-state index >= 15 is 0 Å². The van der Waals surface area contributed by atoms with E-state index in [4.69, 9.17) is 10.5 Å². The molecule has 0 amide bonds. The standard InChI is InChI=1S/C18H28N2O3/c1-17(2,3)23-16(21)15(19)18(22)9-11-20(12-10-18)13-14-7-5-4-6-8-14/h4-8,15,22H,9-13,19H2,1-3H3. The van der Waals surface area contributed by atoms with E-state index in [2.05, 4.69) is 17.0 Å². The summed E-state index contributed by atoms with van der Waals surface area (Å²) in [7, 11) is 0. The number of carbonyl (C=O) groups is 1. The molecule has 1 heterocycles. The molecule has 1 aromatic carbocycles. The van der Waals surface area contributed by atoms with Gasteiger partial charge in [-0.2, -0.15) is 0 Å². The van der Waals surface area contributed by atoms with Gasteiger partial charge in [-0.3, -0.25) is 9.69 Å². The molecule has 0 radical (unpaired) electrons. The molecule has 1 aliphatic rings. The lowest BCUT2D eigenvalue weighted by molar-refractivity contribution is -0.165. The van der Waals surface area contributed by atoms with Crippen LogP contribution in [0.5, 0.6) is 0 Å². The molecule has 0 aromatic heterocycles. The Bertz CT molecular complexity index is 517. The zero-order chi connectivity index (χ0) is 17.1. The molecule has 1 fully saturated rings. The zero-order valence-corrected chi connectivity index (χ0v) is 14.3. The van der Waals surface area contributed by atoms with Crippen molar-refractivity contribution in [3.05, 3.63) is 35.9 Å². The first kappa shape index (κ1) is 17.9. The topological polar surface area (TPSA) is 75.8 Å². The number of hydrogen-bond acceptors (Lipinski definition) is 5. The Morgan fingerprint density at radius 2 is 1.87 bits per heavy atom. The molecule has 5 heteroatoms. The van der Waals surface area contributed by atoms with E-state index in [0.717, 1.165) is 6.54 Å². The molecule has 0 saturated carbocycles. The van der Waals surface area contributed by atoms with Crippen LogP contribution >= 0.6 is 0 Å². The van der Waals surface area contributed by atoms with Gasteiger partial charge in [0.25, 0.3) is 0 Å². The number of hydrogen-bond donors (Lipinski definition) is 2. The summed E-state index contributed by atoms with van der Waals surface area (Å²) in [5.74, 6) is -0.531. The molecular formula is C18H28N2O3. The normalized spacial score (nSPS) is 20.0. The molecule has 0 aliphatic carbocycles. The van der Waals surface area contributed by atoms with Crippen molar-refractivity contribution < 1.29 is 14.6 Å². The number of carbonyl (C=O) groups excluding carboxylic acids is 1. The zero-order valence-electron chi connectivity index (χ0n) is 14.3. The predicted molar refractivity (Wildman–Crippen MR) is 89.7 cm³/mol. The second kappa shape index (κ2) is 6.99. The van der Waals surface area contributed by atoms with Crippen LogP contribution in [0.3, 0.4) is 0 Å². The summed E-state index contributed by atoms with van der Waals surface area (Å²) in [6.45, 7) is 7.65. The molecule has 1 atom stereocenters. The molecule has 1 saturated heterocycles. The van der Waals surface area contributed by atoms with E-state index in [-0.39, 0.29) is 0 Å². The van der Waals surface area contributed by atoms with Crippen molar-refractivity contribution in [3.63, 3.8) is 0 Å². The highest BCUT2D eigenvalue weighted by Crippen LogP contribution is 2.27. The summed E-state index contributed by atoms with van der Waals surface area (Å²) in [6.07, 6.45) is 0.945. The molecule has 0 bridgehead atoms. The van der Waals surface area contributed by atoms with E-state index in [0.29, 0.717) is 25.9 Å². The maximum atomic E-state index is 12.1. The number of rotatable bonds is 4. The monoisotopic (exact) mass is 320 g/mol. The molecule has 5 nitrogen and oxygen atoms in total. The SMILES string of the molecule is CC(C)(C)OC(=O)C(N)C1(O)CCN(Cc2ccccc2)CC1. The fourth-order valence-corrected chi connectivity index (χ4v) is 2.84. The van der Waals surface area contributed by atoms with Gasteiger partial charge in [0.1, 0.15) is 11.6 Å². The summed E-state index contributed by atoms with van der Waals surface area (Å²) >= 11 is 0. The van der Waals surface area contributed by atoms with E-state index in [9.17, 15) is 9.90 Å². The van der Waals surface area contributed by atoms with Crippen LogP contribution in [0.25, 0.3) is 0 Å². The number of esters is 1. The molecule has 3 N–H and O–H groups in total. The van der Waals surface area contributed by atoms with Gasteiger partial charge < -0.3 is 15.6 Å². The fraction of sp³-hybridized carbons (Fsp3) is 0.611. The Kier molecular flexibility index (Phi) is 5.45. The van der Waals surface area contributed by atoms with Crippen molar-refractivity contribution >= 4 is 5.97 Å². The van der Waals surface area contributed by atoms with Crippen LogP contribution in [0.2, 0.25) is 0 Å². The smallest absolute Gasteiger partial charge is 0.326 e. The maximum absolute atomic E-state index is 12.1. The van der Waals surface area contributed by atoms with Gasteiger partial charge in [0.15, 0.2) is 0 Å². The summed E-state index contributed by atoms with van der Waals surface area (Å²) in [5.41, 5.74) is 5.45. The van der Waals surface area contributed by atoms with Crippen molar-refractivity contribution in [2.24, 2.45) is 5.73 Å². The summed E-state index contributed by atoms with van der Waals surface area (Å²) in [4.78, 5) is 14.4. The number of piperidine rings is 1. The van der Waals surface area contributed by atoms with Gasteiger partial charge in [-0.25, -0.2) is 0 Å². The predicted octanol–water partition coefficient (Wildman–Crippen LogP) is 1.68. The highest BCUT2D eigenvalue weighted by atomic mass is 16.6. The van der Waals surface area contributed by atoms with Crippen LogP contribution in [0.15, 0.2) is 30.3 Å². The van der Waals surface area contributed by atoms with E-state index < -0.39 is 23.2 Å². The van der Waals surface area contributed by atoms with E-state index in [1.165, 1.54) is 5.56 Å². The lowest BCUT2D eigenvalue weighted by Gasteiger charge is -2.41. The van der Waals surface area contributed by atoms with Gasteiger partial charge in [-0.15, -0.1) is 0 Å². The third kappa shape index (κ3) is 5.03. The second-order valence-corrected chi connectivity index (χ2v) is 7.38. The van der Waals surface area contributed by atoms with Gasteiger partial charge in [0, 0.05) is 19.6 Å². The number of nitrogens with two attached hydrogens (primary N) is 1. The second-order valence-electron chi connectivity index (χ2n) is 7.38. The average Bonchev–Trinajstić information content (AvgIpc) is 2.48. The minimum atomic E-state index is -1.18. The minimum Gasteiger partial charge on any atom is -0.459 e. The van der Waals surface area contributed by atoms with Crippen molar-refractivity contribution in [1.82, 2.24) is 4.90 Å². The van der Waals surface area contributed by atoms with Gasteiger partial charge in [-0.05, 0) is 39.2 Å². The summed E-state index contributed by atoms with van der Waals surface area (Å²) < 4.78 is 5.30. The lowest BCUT2D eigenvalue weighted by atomic mass is 9.84. The van der Waals surface area contributed by atoms with E-state index in [1.807, 2.05) is 18.2 Å². The third-order valence-electron chi connectivity index (χ3n) is 4.21. The summed E-state index contributed by atoms with van der Waals surface area (Å²) in [5, 5.41) is 10.7. The molecule has 128 valence electrons. The van der Waals surface area contributed by atoms with Crippen LogP contribution in [0, 0.1) is 0 Å². The van der Waals surface area contributed by atoms with Gasteiger partial charge in [0.05, 0.1) is 5.60 Å². The first-order valence-electron chi connectivity index (χ1n) is 8.17. The first-order valence-corrected chi connectivity index (χ1v) is 8.17. The number of nitrogens with zero attached hydrogens (tertiary/aromatic N) is 1. The Balaban J connectivity index is 1.90. The lowest BCUT2D eigenvalue weighted by Crippen LogP contribution is -2.59. The molecule has 1 aliphatic heterocycles. The number of benzene rings is 1. The summed E-state index contributed by atoms with van der Waals surface area (Å²) in [6, 6.07) is 9.22. The van der Waals surface area contributed by atoms with Crippen molar-refractivity contribution in [3.8, 4) is 0 Å². The maximum Gasteiger partial charge on any atom is 0.326 e. The Morgan fingerprint density at radius 3 is 2.39 bits per heavy atom. The number of likely N-dealkylation sites (tertiary alicyclic amines) is 1. The van der Waals surface area contributed by atoms with Gasteiger partial charge in [-0.1, -0.05) is 30.3 Å². The Labute approximate surface area is 138 Å². The molecular weight excluding hydrogens is 292 g/mol. The van der Waals surface area contributed by atoms with Crippen LogP contribution < -0.4 is 5.73 Å². The molecule has 1 aromatic rings. The van der Waals surface area contributed by atoms with Crippen molar-refractivity contribution in [1.29, 1.82) is 0 Å². The number of ether oxygens (including phenoxy) is 1. The van der Waals surface area contributed by atoms with Crippen LogP contribution in [-0.2, 0) is 16.1 Å². The van der Waals surface area contributed by atoms with Crippen LogP contribution in [-0.4, -0.2) is 46.3 Å². The quantitative estimate of drug-likeness (QED) is 0.826. The average molecular weight is 320 g/mol. The van der Waals surface area contributed by atoms with Crippen LogP contribution in [0.4, 0.5) is 0 Å². The van der Waals surface area contributed by atoms with Crippen molar-refractivity contribution in [2.45, 2.75) is 57.4 Å². The molecule has 1 unspecified atom stereocenters. The number of aliphatic hydroxyl groups is 1. The van der Waals surface area contributed by atoms with E-state index in [1.54, 1.807) is 20.8 Å². The van der Waals surface area contributed by atoms with Crippen molar-refractivity contribution in [2.75, 3.05) is 13.1 Å². The van der Waals surface area contributed by atoms with Gasteiger partial charge >= 0.3 is 5.97 Å².